The first-order valence-corrected chi connectivity index (χ1v) is 18.1. The van der Waals surface area contributed by atoms with Crippen LogP contribution in [0, 0.1) is 11.8 Å². The summed E-state index contributed by atoms with van der Waals surface area (Å²) in [7, 11) is 0. The molecule has 2 aromatic rings. The number of alkyl carbamates (subject to hydrolysis) is 1. The molecule has 8 N–H and O–H groups in total. The molecule has 2 aromatic carbocycles. The van der Waals surface area contributed by atoms with Crippen molar-refractivity contribution in [2.45, 2.75) is 82.6 Å². The van der Waals surface area contributed by atoms with Gasteiger partial charge in [0, 0.05) is 25.3 Å². The molecule has 0 aliphatic carbocycles. The van der Waals surface area contributed by atoms with Crippen molar-refractivity contribution >= 4 is 41.7 Å². The maximum absolute atomic E-state index is 14.0. The summed E-state index contributed by atoms with van der Waals surface area (Å²) >= 11 is 0. The molecule has 0 spiro atoms. The molecule has 1 fully saturated rings. The van der Waals surface area contributed by atoms with Gasteiger partial charge in [0.1, 0.15) is 36.8 Å². The van der Waals surface area contributed by atoms with E-state index in [1.165, 1.54) is 4.90 Å². The first kappa shape index (κ1) is 43.9. The number of hydrogen-bond acceptors (Lipinski definition) is 10. The van der Waals surface area contributed by atoms with Gasteiger partial charge in [0.15, 0.2) is 0 Å². The van der Waals surface area contributed by atoms with Gasteiger partial charge >= 0.3 is 18.0 Å². The Kier molecular flexibility index (Phi) is 17.5. The van der Waals surface area contributed by atoms with Crippen LogP contribution < -0.4 is 21.3 Å². The first-order chi connectivity index (χ1) is 26.2. The third-order valence-corrected chi connectivity index (χ3v) is 8.93. The Morgan fingerprint density at radius 3 is 1.76 bits per heavy atom. The minimum absolute atomic E-state index is 0.0262. The van der Waals surface area contributed by atoms with Crippen molar-refractivity contribution < 1.29 is 58.7 Å². The van der Waals surface area contributed by atoms with E-state index in [0.717, 1.165) is 0 Å². The molecule has 0 radical (unpaired) electrons. The van der Waals surface area contributed by atoms with Crippen LogP contribution in [0.15, 0.2) is 60.7 Å². The summed E-state index contributed by atoms with van der Waals surface area (Å²) in [5.74, 6) is -6.72. The van der Waals surface area contributed by atoms with E-state index in [1.54, 1.807) is 60.7 Å². The van der Waals surface area contributed by atoms with Gasteiger partial charge < -0.3 is 51.3 Å². The molecule has 55 heavy (non-hydrogen) atoms. The van der Waals surface area contributed by atoms with Crippen LogP contribution in [0.4, 0.5) is 4.79 Å². The summed E-state index contributed by atoms with van der Waals surface area (Å²) in [5, 5.41) is 47.4. The van der Waals surface area contributed by atoms with Gasteiger partial charge in [-0.3, -0.25) is 24.0 Å². The van der Waals surface area contributed by atoms with E-state index in [9.17, 15) is 54.0 Å². The molecule has 17 nitrogen and oxygen atoms in total. The number of carboxylic acid groups (broad SMARTS) is 2. The lowest BCUT2D eigenvalue weighted by Gasteiger charge is -2.30. The topological polar surface area (TPSA) is 261 Å². The molecule has 1 heterocycles. The Labute approximate surface area is 318 Å². The van der Waals surface area contributed by atoms with Gasteiger partial charge in [0.2, 0.25) is 23.6 Å². The zero-order valence-corrected chi connectivity index (χ0v) is 30.9. The van der Waals surface area contributed by atoms with Crippen LogP contribution in [0.1, 0.15) is 50.7 Å². The van der Waals surface area contributed by atoms with Gasteiger partial charge in [-0.1, -0.05) is 74.5 Å². The molecule has 1 aliphatic heterocycles. The van der Waals surface area contributed by atoms with Crippen molar-refractivity contribution in [2.75, 3.05) is 26.4 Å². The van der Waals surface area contributed by atoms with Crippen molar-refractivity contribution in [2.24, 2.45) is 11.8 Å². The average Bonchev–Trinajstić information content (AvgIpc) is 3.64. The predicted molar refractivity (Wildman–Crippen MR) is 196 cm³/mol. The second kappa shape index (κ2) is 22.0. The van der Waals surface area contributed by atoms with Gasteiger partial charge in [-0.25, -0.2) is 9.59 Å². The number of carbonyl (C=O) groups excluding carboxylic acids is 5. The number of aliphatic hydroxyl groups excluding tert-OH is 2. The van der Waals surface area contributed by atoms with Crippen LogP contribution >= 0.6 is 0 Å². The van der Waals surface area contributed by atoms with Crippen molar-refractivity contribution in [3.63, 3.8) is 0 Å². The SMILES string of the molecule is CC(C)C[C@H](NC(=O)OCC(CO)CO)C(=O)N1CCC[C@H]1C(=O)N[C@@H](Cc1ccccc1)C(=O)N[C@@H](Cc1ccccc1)C(=O)N[C@@H](CC(=O)O)C(=O)O. The molecular formula is C38H51N5O12. The fourth-order valence-corrected chi connectivity index (χ4v) is 6.04. The van der Waals surface area contributed by atoms with Gasteiger partial charge in [0.05, 0.1) is 19.6 Å². The average molecular weight is 770 g/mol. The molecule has 5 atom stereocenters. The second-order valence-electron chi connectivity index (χ2n) is 13.8. The van der Waals surface area contributed by atoms with E-state index in [4.69, 9.17) is 4.74 Å². The number of benzene rings is 2. The maximum atomic E-state index is 14.0. The van der Waals surface area contributed by atoms with Crippen molar-refractivity contribution in [3.05, 3.63) is 71.8 Å². The van der Waals surface area contributed by atoms with Crippen LogP contribution in [-0.2, 0) is 46.3 Å². The third-order valence-electron chi connectivity index (χ3n) is 8.93. The highest BCUT2D eigenvalue weighted by molar-refractivity contribution is 5.96. The van der Waals surface area contributed by atoms with Crippen LogP contribution in [0.3, 0.4) is 0 Å². The quantitative estimate of drug-likeness (QED) is 0.0848. The van der Waals surface area contributed by atoms with Crippen LogP contribution in [-0.4, -0.2) is 124 Å². The maximum Gasteiger partial charge on any atom is 0.407 e. The number of nitrogens with one attached hydrogen (secondary N) is 4. The molecule has 0 unspecified atom stereocenters. The number of amides is 5. The van der Waals surface area contributed by atoms with Gasteiger partial charge in [-0.05, 0) is 36.3 Å². The Bertz CT molecular complexity index is 1610. The van der Waals surface area contributed by atoms with E-state index in [0.29, 0.717) is 17.5 Å². The zero-order valence-electron chi connectivity index (χ0n) is 30.9. The van der Waals surface area contributed by atoms with Gasteiger partial charge in [-0.15, -0.1) is 0 Å². The number of nitrogens with zero attached hydrogens (tertiary/aromatic N) is 1. The summed E-state index contributed by atoms with van der Waals surface area (Å²) < 4.78 is 5.11. The van der Waals surface area contributed by atoms with Crippen molar-refractivity contribution in [1.29, 1.82) is 0 Å². The van der Waals surface area contributed by atoms with Gasteiger partial charge in [-0.2, -0.15) is 0 Å². The molecule has 3 rings (SSSR count). The number of carboxylic acids is 2. The third kappa shape index (κ3) is 14.3. The van der Waals surface area contributed by atoms with Crippen LogP contribution in [0.2, 0.25) is 0 Å². The fraction of sp³-hybridized carbons (Fsp3) is 0.500. The number of likely N-dealkylation sites (tertiary alicyclic amines) is 1. The van der Waals surface area contributed by atoms with Gasteiger partial charge in [0.25, 0.3) is 0 Å². The minimum Gasteiger partial charge on any atom is -0.481 e. The van der Waals surface area contributed by atoms with E-state index >= 15 is 0 Å². The monoisotopic (exact) mass is 769 g/mol. The number of ether oxygens (including phenoxy) is 1. The van der Waals surface area contributed by atoms with E-state index < -0.39 is 97.4 Å². The highest BCUT2D eigenvalue weighted by Crippen LogP contribution is 2.21. The summed E-state index contributed by atoms with van der Waals surface area (Å²) in [6.45, 7) is 2.78. The van der Waals surface area contributed by atoms with Crippen LogP contribution in [0.25, 0.3) is 0 Å². The fourth-order valence-electron chi connectivity index (χ4n) is 6.04. The molecule has 5 amide bonds. The molecular weight excluding hydrogens is 718 g/mol. The molecule has 1 saturated heterocycles. The summed E-state index contributed by atoms with van der Waals surface area (Å²) in [6, 6.07) is 10.7. The molecule has 17 heteroatoms. The minimum atomic E-state index is -1.78. The molecule has 300 valence electrons. The highest BCUT2D eigenvalue weighted by Gasteiger charge is 2.40. The van der Waals surface area contributed by atoms with Crippen molar-refractivity contribution in [1.82, 2.24) is 26.2 Å². The van der Waals surface area contributed by atoms with E-state index in [2.05, 4.69) is 21.3 Å². The molecule has 1 aliphatic rings. The number of carbonyl (C=O) groups is 7. The lowest BCUT2D eigenvalue weighted by molar-refractivity contribution is -0.147. The molecule has 0 saturated carbocycles. The first-order valence-electron chi connectivity index (χ1n) is 18.1. The Morgan fingerprint density at radius 2 is 1.27 bits per heavy atom. The number of aliphatic carboxylic acids is 2. The Balaban J connectivity index is 1.85. The van der Waals surface area contributed by atoms with E-state index in [1.807, 2.05) is 13.8 Å². The standard InChI is InChI=1S/C38H51N5O12/c1-23(2)16-29(42-38(54)55-22-26(20-44)21-45)36(51)43-15-9-14-31(43)35(50)40-28(18-25-12-7-4-8-13-25)33(48)39-27(17-24-10-5-3-6-11-24)34(49)41-30(37(52)53)19-32(46)47/h3-8,10-13,23,26-31,44-45H,9,14-22H2,1-2H3,(H,39,48)(H,40,50)(H,41,49)(H,42,54)(H,46,47)(H,52,53)/t27-,28-,29-,30-,31-/m0/s1. The second-order valence-corrected chi connectivity index (χ2v) is 13.8. The summed E-state index contributed by atoms with van der Waals surface area (Å²) in [4.78, 5) is 92.3. The lowest BCUT2D eigenvalue weighted by atomic mass is 10.0. The summed E-state index contributed by atoms with van der Waals surface area (Å²) in [5.41, 5.74) is 1.26. The van der Waals surface area contributed by atoms with Crippen molar-refractivity contribution in [3.8, 4) is 0 Å². The van der Waals surface area contributed by atoms with E-state index in [-0.39, 0.29) is 44.8 Å². The zero-order chi connectivity index (χ0) is 40.5. The van der Waals surface area contributed by atoms with Crippen LogP contribution in [0.5, 0.6) is 0 Å². The Morgan fingerprint density at radius 1 is 0.745 bits per heavy atom. The highest BCUT2D eigenvalue weighted by atomic mass is 16.5. The predicted octanol–water partition coefficient (Wildman–Crippen LogP) is 0.218. The number of aliphatic hydroxyl groups is 2. The summed E-state index contributed by atoms with van der Waals surface area (Å²) in [6.07, 6.45) is -1.04. The number of rotatable bonds is 21. The lowest BCUT2D eigenvalue weighted by Crippen LogP contribution is -2.59. The smallest absolute Gasteiger partial charge is 0.407 e. The number of hydrogen-bond donors (Lipinski definition) is 8. The molecule has 0 aromatic heterocycles. The largest absolute Gasteiger partial charge is 0.481 e. The normalized spacial score (nSPS) is 16.0. The Hall–Kier alpha value is -5.55. The molecule has 0 bridgehead atoms.